The van der Waals surface area contributed by atoms with Crippen molar-refractivity contribution < 1.29 is 5.11 Å². The van der Waals surface area contributed by atoms with Crippen LogP contribution in [0.3, 0.4) is 0 Å². The number of aromatic hydroxyl groups is 1. The summed E-state index contributed by atoms with van der Waals surface area (Å²) in [5.41, 5.74) is 1.80. The Morgan fingerprint density at radius 2 is 1.88 bits per heavy atom. The van der Waals surface area contributed by atoms with Crippen molar-refractivity contribution in [2.24, 2.45) is 5.41 Å². The summed E-state index contributed by atoms with van der Waals surface area (Å²) < 4.78 is 0. The van der Waals surface area contributed by atoms with Gasteiger partial charge in [0.05, 0.1) is 0 Å². The molecule has 0 radical (unpaired) electrons. The molecule has 2 N–H and O–H groups in total. The van der Waals surface area contributed by atoms with Crippen molar-refractivity contribution in [2.75, 3.05) is 6.54 Å². The summed E-state index contributed by atoms with van der Waals surface area (Å²) in [6.45, 7) is 5.52. The highest BCUT2D eigenvalue weighted by Gasteiger charge is 2.36. The highest BCUT2D eigenvalue weighted by atomic mass is 16.3. The van der Waals surface area contributed by atoms with Crippen molar-refractivity contribution in [3.8, 4) is 5.75 Å². The van der Waals surface area contributed by atoms with Crippen molar-refractivity contribution in [3.63, 3.8) is 0 Å². The van der Waals surface area contributed by atoms with Gasteiger partial charge in [0.15, 0.2) is 0 Å². The van der Waals surface area contributed by atoms with E-state index in [4.69, 9.17) is 0 Å². The summed E-state index contributed by atoms with van der Waals surface area (Å²) in [6, 6.07) is 8.23. The minimum absolute atomic E-state index is 0.358. The zero-order valence-electron chi connectivity index (χ0n) is 10.9. The van der Waals surface area contributed by atoms with E-state index in [1.807, 2.05) is 12.1 Å². The molecule has 0 unspecified atom stereocenters. The average molecular weight is 233 g/mol. The summed E-state index contributed by atoms with van der Waals surface area (Å²) >= 11 is 0. The maximum atomic E-state index is 9.29. The predicted octanol–water partition coefficient (Wildman–Crippen LogP) is 3.10. The van der Waals surface area contributed by atoms with Gasteiger partial charge in [0.25, 0.3) is 0 Å². The number of hydrogen-bond acceptors (Lipinski definition) is 2. The Hall–Kier alpha value is -1.02. The molecule has 2 heteroatoms. The molecule has 1 aliphatic rings. The molecule has 0 spiro atoms. The molecule has 1 aliphatic carbocycles. The first kappa shape index (κ1) is 12.4. The van der Waals surface area contributed by atoms with Gasteiger partial charge in [0.1, 0.15) is 5.75 Å². The average Bonchev–Trinajstić information content (AvgIpc) is 2.24. The van der Waals surface area contributed by atoms with Gasteiger partial charge in [-0.2, -0.15) is 0 Å². The predicted molar refractivity (Wildman–Crippen MR) is 71.2 cm³/mol. The Morgan fingerprint density at radius 3 is 2.35 bits per heavy atom. The lowest BCUT2D eigenvalue weighted by Gasteiger charge is -2.43. The van der Waals surface area contributed by atoms with Crippen molar-refractivity contribution in [1.29, 1.82) is 0 Å². The Bertz CT molecular complexity index is 352. The van der Waals surface area contributed by atoms with E-state index in [0.717, 1.165) is 13.0 Å². The lowest BCUT2D eigenvalue weighted by Crippen LogP contribution is -2.43. The molecular weight excluding hydrogens is 210 g/mol. The zero-order chi connectivity index (χ0) is 12.3. The van der Waals surface area contributed by atoms with Crippen molar-refractivity contribution in [2.45, 2.75) is 45.6 Å². The summed E-state index contributed by atoms with van der Waals surface area (Å²) in [5, 5.41) is 12.9. The molecule has 1 saturated carbocycles. The maximum Gasteiger partial charge on any atom is 0.115 e. The first-order chi connectivity index (χ1) is 8.10. The monoisotopic (exact) mass is 233 g/mol. The van der Waals surface area contributed by atoms with E-state index in [-0.39, 0.29) is 0 Å². The van der Waals surface area contributed by atoms with E-state index in [9.17, 15) is 5.11 Å². The molecule has 0 aliphatic heterocycles. The summed E-state index contributed by atoms with van der Waals surface area (Å²) in [6.07, 6.45) is 5.14. The molecule has 1 fully saturated rings. The quantitative estimate of drug-likeness (QED) is 0.819. The topological polar surface area (TPSA) is 32.3 Å². The first-order valence-corrected chi connectivity index (χ1v) is 6.61. The van der Waals surface area contributed by atoms with E-state index in [0.29, 0.717) is 17.2 Å². The molecular formula is C15H23NO. The van der Waals surface area contributed by atoms with Crippen LogP contribution in [0.1, 0.15) is 38.7 Å². The molecule has 0 aromatic heterocycles. The van der Waals surface area contributed by atoms with Gasteiger partial charge in [-0.1, -0.05) is 32.4 Å². The van der Waals surface area contributed by atoms with E-state index in [1.54, 1.807) is 12.1 Å². The minimum Gasteiger partial charge on any atom is -0.508 e. The summed E-state index contributed by atoms with van der Waals surface area (Å²) in [7, 11) is 0. The lowest BCUT2D eigenvalue weighted by molar-refractivity contribution is 0.126. The van der Waals surface area contributed by atoms with Crippen LogP contribution < -0.4 is 5.32 Å². The molecule has 0 amide bonds. The molecule has 94 valence electrons. The number of phenols is 1. The van der Waals surface area contributed by atoms with E-state index < -0.39 is 0 Å². The fourth-order valence-electron chi connectivity index (χ4n) is 2.56. The molecule has 1 aromatic carbocycles. The van der Waals surface area contributed by atoms with Crippen LogP contribution in [0.25, 0.3) is 0 Å². The van der Waals surface area contributed by atoms with Gasteiger partial charge in [-0.3, -0.25) is 0 Å². The SMILES string of the molecule is CC(C)NCC1(Cc2ccc(O)cc2)CCC1. The van der Waals surface area contributed by atoms with Gasteiger partial charge in [-0.05, 0) is 42.4 Å². The van der Waals surface area contributed by atoms with Gasteiger partial charge >= 0.3 is 0 Å². The van der Waals surface area contributed by atoms with Crippen molar-refractivity contribution in [1.82, 2.24) is 5.32 Å². The zero-order valence-corrected chi connectivity index (χ0v) is 10.9. The van der Waals surface area contributed by atoms with Gasteiger partial charge in [0, 0.05) is 12.6 Å². The molecule has 17 heavy (non-hydrogen) atoms. The van der Waals surface area contributed by atoms with Crippen LogP contribution in [0.4, 0.5) is 0 Å². The summed E-state index contributed by atoms with van der Waals surface area (Å²) in [4.78, 5) is 0. The second kappa shape index (κ2) is 5.09. The van der Waals surface area contributed by atoms with Crippen molar-refractivity contribution >= 4 is 0 Å². The highest BCUT2D eigenvalue weighted by molar-refractivity contribution is 5.27. The fourth-order valence-corrected chi connectivity index (χ4v) is 2.56. The summed E-state index contributed by atoms with van der Waals surface area (Å²) in [5.74, 6) is 0.358. The number of rotatable bonds is 5. The van der Waals surface area contributed by atoms with Gasteiger partial charge in [0.2, 0.25) is 0 Å². The van der Waals surface area contributed by atoms with Crippen LogP contribution in [-0.2, 0) is 6.42 Å². The smallest absolute Gasteiger partial charge is 0.115 e. The van der Waals surface area contributed by atoms with E-state index in [1.165, 1.54) is 24.8 Å². The molecule has 0 bridgehead atoms. The Labute approximate surface area is 104 Å². The Balaban J connectivity index is 1.96. The second-order valence-corrected chi connectivity index (χ2v) is 5.73. The van der Waals surface area contributed by atoms with Crippen molar-refractivity contribution in [3.05, 3.63) is 29.8 Å². The van der Waals surface area contributed by atoms with Crippen LogP contribution >= 0.6 is 0 Å². The van der Waals surface area contributed by atoms with Crippen LogP contribution in [0.5, 0.6) is 5.75 Å². The van der Waals surface area contributed by atoms with Crippen LogP contribution in [0, 0.1) is 5.41 Å². The normalized spacial score (nSPS) is 18.1. The molecule has 1 aromatic rings. The van der Waals surface area contributed by atoms with Gasteiger partial charge in [-0.25, -0.2) is 0 Å². The third kappa shape index (κ3) is 3.22. The minimum atomic E-state index is 0.358. The Kier molecular flexibility index (Phi) is 3.72. The number of phenolic OH excluding ortho intramolecular Hbond substituents is 1. The third-order valence-corrected chi connectivity index (χ3v) is 3.81. The standard InChI is InChI=1S/C15H23NO/c1-12(2)16-11-15(8-3-9-15)10-13-4-6-14(17)7-5-13/h4-7,12,16-17H,3,8-11H2,1-2H3. The van der Waals surface area contributed by atoms with Crippen LogP contribution in [0.15, 0.2) is 24.3 Å². The molecule has 0 atom stereocenters. The lowest BCUT2D eigenvalue weighted by atomic mass is 9.65. The molecule has 2 rings (SSSR count). The maximum absolute atomic E-state index is 9.29. The highest BCUT2D eigenvalue weighted by Crippen LogP contribution is 2.43. The van der Waals surface area contributed by atoms with E-state index in [2.05, 4.69) is 19.2 Å². The third-order valence-electron chi connectivity index (χ3n) is 3.81. The van der Waals surface area contributed by atoms with Gasteiger partial charge < -0.3 is 10.4 Å². The van der Waals surface area contributed by atoms with Gasteiger partial charge in [-0.15, -0.1) is 0 Å². The Morgan fingerprint density at radius 1 is 1.24 bits per heavy atom. The fraction of sp³-hybridized carbons (Fsp3) is 0.600. The molecule has 0 saturated heterocycles. The largest absolute Gasteiger partial charge is 0.508 e. The van der Waals surface area contributed by atoms with E-state index >= 15 is 0 Å². The molecule has 0 heterocycles. The number of nitrogens with one attached hydrogen (secondary N) is 1. The second-order valence-electron chi connectivity index (χ2n) is 5.73. The number of benzene rings is 1. The number of hydrogen-bond donors (Lipinski definition) is 2. The van der Waals surface area contributed by atoms with Crippen LogP contribution in [-0.4, -0.2) is 17.7 Å². The van der Waals surface area contributed by atoms with Crippen LogP contribution in [0.2, 0.25) is 0 Å². The first-order valence-electron chi connectivity index (χ1n) is 6.61. The molecule has 2 nitrogen and oxygen atoms in total.